The summed E-state index contributed by atoms with van der Waals surface area (Å²) in [6, 6.07) is 6.47. The highest BCUT2D eigenvalue weighted by Gasteiger charge is 2.43. The Bertz CT molecular complexity index is 602. The number of furan rings is 1. The Labute approximate surface area is 136 Å². The van der Waals surface area contributed by atoms with Gasteiger partial charge in [-0.2, -0.15) is 0 Å². The van der Waals surface area contributed by atoms with Crippen LogP contribution in [0.5, 0.6) is 0 Å². The van der Waals surface area contributed by atoms with Crippen LogP contribution in [0.25, 0.3) is 0 Å². The lowest BCUT2D eigenvalue weighted by molar-refractivity contribution is -0.118. The molecule has 0 unspecified atom stereocenters. The van der Waals surface area contributed by atoms with Crippen LogP contribution in [-0.2, 0) is 22.6 Å². The maximum absolute atomic E-state index is 6.13. The van der Waals surface area contributed by atoms with E-state index in [4.69, 9.17) is 13.9 Å². The largest absolute Gasteiger partial charge is 0.472 e. The van der Waals surface area contributed by atoms with Gasteiger partial charge in [0.15, 0.2) is 0 Å². The number of ether oxygens (including phenoxy) is 2. The molecule has 122 valence electrons. The second kappa shape index (κ2) is 6.83. The average Bonchev–Trinajstić information content (AvgIpc) is 3.24. The second-order valence-corrected chi connectivity index (χ2v) is 6.29. The Hall–Kier alpha value is -1.69. The van der Waals surface area contributed by atoms with E-state index in [1.54, 1.807) is 12.5 Å². The summed E-state index contributed by atoms with van der Waals surface area (Å²) in [5, 5.41) is 0. The van der Waals surface area contributed by atoms with Gasteiger partial charge in [0.05, 0.1) is 37.9 Å². The molecule has 2 aromatic rings. The lowest BCUT2D eigenvalue weighted by Gasteiger charge is -2.38. The van der Waals surface area contributed by atoms with E-state index in [-0.39, 0.29) is 12.2 Å². The summed E-state index contributed by atoms with van der Waals surface area (Å²) in [6.45, 7) is 3.27. The van der Waals surface area contributed by atoms with Crippen molar-refractivity contribution in [2.24, 2.45) is 0 Å². The summed E-state index contributed by atoms with van der Waals surface area (Å²) in [6.07, 6.45) is 9.74. The highest BCUT2D eigenvalue weighted by Crippen LogP contribution is 2.33. The van der Waals surface area contributed by atoms with Gasteiger partial charge < -0.3 is 13.9 Å². The molecule has 0 N–H and O–H groups in total. The van der Waals surface area contributed by atoms with Gasteiger partial charge >= 0.3 is 0 Å². The molecule has 0 radical (unpaired) electrons. The van der Waals surface area contributed by atoms with Gasteiger partial charge in [-0.05, 0) is 30.5 Å². The third-order valence-electron chi connectivity index (χ3n) is 4.80. The first-order valence-electron chi connectivity index (χ1n) is 8.27. The summed E-state index contributed by atoms with van der Waals surface area (Å²) in [7, 11) is 0. The molecule has 3 heterocycles. The zero-order chi connectivity index (χ0) is 15.5. The van der Waals surface area contributed by atoms with Gasteiger partial charge in [0, 0.05) is 37.1 Å². The molecule has 2 fully saturated rings. The summed E-state index contributed by atoms with van der Waals surface area (Å²) in [5.74, 6) is 0. The standard InChI is InChI=1S/C18H22N2O3/c1-2-14(10-19-6-1)13-23-17-4-3-16-18(17)22-9-7-20(16)11-15-5-8-21-12-15/h1-2,5-6,8,10,12,16-18H,3-4,7,9,11,13H2/t16-,17+,18+/m0/s1. The monoisotopic (exact) mass is 314 g/mol. The zero-order valence-corrected chi connectivity index (χ0v) is 13.1. The predicted molar refractivity (Wildman–Crippen MR) is 84.7 cm³/mol. The average molecular weight is 314 g/mol. The Morgan fingerprint density at radius 2 is 2.26 bits per heavy atom. The number of aromatic nitrogens is 1. The van der Waals surface area contributed by atoms with Crippen LogP contribution in [0.2, 0.25) is 0 Å². The van der Waals surface area contributed by atoms with Gasteiger partial charge in [0.2, 0.25) is 0 Å². The fourth-order valence-corrected chi connectivity index (χ4v) is 3.67. The third-order valence-corrected chi connectivity index (χ3v) is 4.80. The van der Waals surface area contributed by atoms with Crippen molar-refractivity contribution in [1.82, 2.24) is 9.88 Å². The van der Waals surface area contributed by atoms with Crippen LogP contribution in [0.4, 0.5) is 0 Å². The fraction of sp³-hybridized carbons (Fsp3) is 0.500. The molecule has 5 heteroatoms. The van der Waals surface area contributed by atoms with Crippen molar-refractivity contribution in [3.63, 3.8) is 0 Å². The van der Waals surface area contributed by atoms with Crippen molar-refractivity contribution >= 4 is 0 Å². The van der Waals surface area contributed by atoms with Crippen molar-refractivity contribution in [1.29, 1.82) is 0 Å². The van der Waals surface area contributed by atoms with Crippen molar-refractivity contribution in [3.8, 4) is 0 Å². The summed E-state index contributed by atoms with van der Waals surface area (Å²) in [5.41, 5.74) is 2.34. The first kappa shape index (κ1) is 14.9. The zero-order valence-electron chi connectivity index (χ0n) is 13.1. The van der Waals surface area contributed by atoms with Gasteiger partial charge in [-0.3, -0.25) is 9.88 Å². The van der Waals surface area contributed by atoms with E-state index < -0.39 is 0 Å². The van der Waals surface area contributed by atoms with Crippen molar-refractivity contribution in [2.45, 2.75) is 44.2 Å². The fourth-order valence-electron chi connectivity index (χ4n) is 3.67. The molecule has 23 heavy (non-hydrogen) atoms. The number of hydrogen-bond acceptors (Lipinski definition) is 5. The van der Waals surface area contributed by atoms with E-state index in [0.29, 0.717) is 12.6 Å². The number of morpholine rings is 1. The van der Waals surface area contributed by atoms with Crippen LogP contribution in [0.3, 0.4) is 0 Å². The van der Waals surface area contributed by atoms with Crippen molar-refractivity contribution < 1.29 is 13.9 Å². The molecule has 0 bridgehead atoms. The van der Waals surface area contributed by atoms with Crippen LogP contribution in [-0.4, -0.2) is 41.3 Å². The van der Waals surface area contributed by atoms with Gasteiger partial charge in [-0.25, -0.2) is 0 Å². The maximum Gasteiger partial charge on any atom is 0.0992 e. The lowest BCUT2D eigenvalue weighted by Crippen LogP contribution is -2.51. The van der Waals surface area contributed by atoms with E-state index in [9.17, 15) is 0 Å². The van der Waals surface area contributed by atoms with Crippen LogP contribution in [0.15, 0.2) is 47.5 Å². The topological polar surface area (TPSA) is 47.7 Å². The first-order chi connectivity index (χ1) is 11.4. The van der Waals surface area contributed by atoms with Crippen LogP contribution >= 0.6 is 0 Å². The molecule has 0 amide bonds. The summed E-state index contributed by atoms with van der Waals surface area (Å²) in [4.78, 5) is 6.64. The number of pyridine rings is 1. The molecule has 4 rings (SSSR count). The van der Waals surface area contributed by atoms with Crippen molar-refractivity contribution in [2.75, 3.05) is 13.2 Å². The van der Waals surface area contributed by atoms with Crippen LogP contribution in [0, 0.1) is 0 Å². The maximum atomic E-state index is 6.13. The highest BCUT2D eigenvalue weighted by molar-refractivity contribution is 5.08. The Morgan fingerprint density at radius 3 is 3.09 bits per heavy atom. The Morgan fingerprint density at radius 1 is 1.26 bits per heavy atom. The normalized spacial score (nSPS) is 27.9. The smallest absolute Gasteiger partial charge is 0.0992 e. The molecule has 1 saturated heterocycles. The molecule has 3 atom stereocenters. The lowest BCUT2D eigenvalue weighted by atomic mass is 10.1. The Kier molecular flexibility index (Phi) is 4.41. The molecule has 0 spiro atoms. The first-order valence-corrected chi connectivity index (χ1v) is 8.27. The minimum atomic E-state index is 0.173. The van der Waals surface area contributed by atoms with Crippen LogP contribution < -0.4 is 0 Å². The highest BCUT2D eigenvalue weighted by atomic mass is 16.5. The molecular formula is C18H22N2O3. The summed E-state index contributed by atoms with van der Waals surface area (Å²) >= 11 is 0. The van der Waals surface area contributed by atoms with Gasteiger partial charge in [-0.15, -0.1) is 0 Å². The van der Waals surface area contributed by atoms with E-state index >= 15 is 0 Å². The SMILES string of the molecule is c1cncc(CO[C@@H]2CC[C@H]3[C@H]2OCCN3Cc2ccoc2)c1. The third kappa shape index (κ3) is 3.32. The van der Waals surface area contributed by atoms with E-state index in [1.807, 2.05) is 30.7 Å². The Balaban J connectivity index is 1.37. The van der Waals surface area contributed by atoms with E-state index in [1.165, 1.54) is 5.56 Å². The molecule has 2 aromatic heterocycles. The molecule has 2 aliphatic rings. The van der Waals surface area contributed by atoms with E-state index in [2.05, 4.69) is 9.88 Å². The number of rotatable bonds is 5. The van der Waals surface area contributed by atoms with Gasteiger partial charge in [-0.1, -0.05) is 6.07 Å². The molecule has 5 nitrogen and oxygen atoms in total. The number of fused-ring (bicyclic) bond motifs is 1. The molecular weight excluding hydrogens is 292 g/mol. The molecule has 0 aromatic carbocycles. The number of nitrogens with zero attached hydrogens (tertiary/aromatic N) is 2. The minimum absolute atomic E-state index is 0.173. The quantitative estimate of drug-likeness (QED) is 0.849. The van der Waals surface area contributed by atoms with Gasteiger partial charge in [0.1, 0.15) is 0 Å². The van der Waals surface area contributed by atoms with E-state index in [0.717, 1.165) is 38.1 Å². The minimum Gasteiger partial charge on any atom is -0.472 e. The predicted octanol–water partition coefficient (Wildman–Crippen LogP) is 2.62. The second-order valence-electron chi connectivity index (χ2n) is 6.29. The van der Waals surface area contributed by atoms with Crippen LogP contribution in [0.1, 0.15) is 24.0 Å². The van der Waals surface area contributed by atoms with Crippen molar-refractivity contribution in [3.05, 3.63) is 54.2 Å². The molecule has 1 aliphatic heterocycles. The summed E-state index contributed by atoms with van der Waals surface area (Å²) < 4.78 is 17.4. The van der Waals surface area contributed by atoms with Gasteiger partial charge in [0.25, 0.3) is 0 Å². The molecule has 1 saturated carbocycles. The number of hydrogen-bond donors (Lipinski definition) is 0. The molecule has 1 aliphatic carbocycles.